The van der Waals surface area contributed by atoms with Crippen LogP contribution in [0.2, 0.25) is 0 Å². The van der Waals surface area contributed by atoms with E-state index in [1.165, 1.54) is 16.6 Å². The van der Waals surface area contributed by atoms with Gasteiger partial charge in [-0.15, -0.1) is 0 Å². The lowest BCUT2D eigenvalue weighted by Gasteiger charge is -2.18. The number of aryl methyl sites for hydroxylation is 1. The molecule has 176 valence electrons. The molecule has 33 heavy (non-hydrogen) atoms. The largest absolute Gasteiger partial charge is 0.494 e. The number of sulfonamides is 1. The fraction of sp³-hybridized carbons (Fsp3) is 0.333. The van der Waals surface area contributed by atoms with Gasteiger partial charge in [0.15, 0.2) is 0 Å². The molecule has 0 atom stereocenters. The van der Waals surface area contributed by atoms with Crippen LogP contribution in [0.15, 0.2) is 58.7 Å². The van der Waals surface area contributed by atoms with Gasteiger partial charge in [-0.25, -0.2) is 13.4 Å². The van der Waals surface area contributed by atoms with E-state index in [2.05, 4.69) is 26.1 Å². The maximum atomic E-state index is 12.6. The molecular formula is C24H31N5O3S. The Morgan fingerprint density at radius 3 is 2.36 bits per heavy atom. The number of anilines is 1. The van der Waals surface area contributed by atoms with Crippen molar-refractivity contribution in [2.45, 2.75) is 39.5 Å². The summed E-state index contributed by atoms with van der Waals surface area (Å²) in [5.74, 6) is 1.31. The van der Waals surface area contributed by atoms with Crippen LogP contribution < -0.4 is 10.2 Å². The Morgan fingerprint density at radius 1 is 1.09 bits per heavy atom. The van der Waals surface area contributed by atoms with Gasteiger partial charge in [0, 0.05) is 41.9 Å². The minimum absolute atomic E-state index is 0.166. The quantitative estimate of drug-likeness (QED) is 0.352. The molecule has 0 saturated carbocycles. The summed E-state index contributed by atoms with van der Waals surface area (Å²) >= 11 is 0. The highest BCUT2D eigenvalue weighted by Gasteiger charge is 2.21. The van der Waals surface area contributed by atoms with E-state index in [1.807, 2.05) is 58.9 Å². The Kier molecular flexibility index (Phi) is 7.88. The van der Waals surface area contributed by atoms with Gasteiger partial charge in [-0.1, -0.05) is 13.8 Å². The van der Waals surface area contributed by atoms with Crippen molar-refractivity contribution in [2.75, 3.05) is 25.1 Å². The zero-order valence-corrected chi connectivity index (χ0v) is 20.6. The summed E-state index contributed by atoms with van der Waals surface area (Å²) in [6.07, 6.45) is 3.08. The van der Waals surface area contributed by atoms with Crippen LogP contribution in [-0.2, 0) is 10.0 Å². The Hall–Kier alpha value is -3.17. The molecule has 0 spiro atoms. The standard InChI is InChI=1S/C24H31N5O3S/c1-6-28(7-2)33(30,31)23-13-14-24(25-17-23)27-26-16-20-15-18(4)29(19(20)5)21-9-11-22(12-10-21)32-8-3/h9-17H,6-8H2,1-5H3,(H,25,27)/b26-16+. The zero-order chi connectivity index (χ0) is 24.0. The summed E-state index contributed by atoms with van der Waals surface area (Å²) in [4.78, 5) is 4.36. The number of nitrogens with zero attached hydrogens (tertiary/aromatic N) is 4. The number of ether oxygens (including phenoxy) is 1. The summed E-state index contributed by atoms with van der Waals surface area (Å²) in [5, 5.41) is 4.29. The highest BCUT2D eigenvalue weighted by Crippen LogP contribution is 2.22. The van der Waals surface area contributed by atoms with Crippen LogP contribution in [0.3, 0.4) is 0 Å². The number of nitrogens with one attached hydrogen (secondary N) is 1. The van der Waals surface area contributed by atoms with Gasteiger partial charge in [-0.3, -0.25) is 5.43 Å². The number of hydrogen-bond donors (Lipinski definition) is 1. The minimum atomic E-state index is -3.53. The molecule has 1 aromatic carbocycles. The Balaban J connectivity index is 1.73. The Labute approximate surface area is 196 Å². The molecule has 0 saturated heterocycles. The molecule has 0 fully saturated rings. The molecule has 0 unspecified atom stereocenters. The van der Waals surface area contributed by atoms with Gasteiger partial charge in [0.2, 0.25) is 10.0 Å². The number of pyridine rings is 1. The van der Waals surface area contributed by atoms with Crippen molar-refractivity contribution in [2.24, 2.45) is 5.10 Å². The van der Waals surface area contributed by atoms with Crippen molar-refractivity contribution in [1.82, 2.24) is 13.9 Å². The van der Waals surface area contributed by atoms with E-state index in [0.29, 0.717) is 25.5 Å². The molecule has 3 rings (SSSR count). The lowest BCUT2D eigenvalue weighted by Crippen LogP contribution is -2.30. The molecular weight excluding hydrogens is 438 g/mol. The molecule has 0 aliphatic heterocycles. The molecule has 3 aromatic rings. The van der Waals surface area contributed by atoms with E-state index in [9.17, 15) is 8.42 Å². The van der Waals surface area contributed by atoms with E-state index in [0.717, 1.165) is 28.4 Å². The summed E-state index contributed by atoms with van der Waals surface area (Å²) in [5.41, 5.74) is 7.02. The SMILES string of the molecule is CCOc1ccc(-n2c(C)cc(/C=N/Nc3ccc(S(=O)(=O)N(CC)CC)cn3)c2C)cc1. The molecule has 1 N–H and O–H groups in total. The van der Waals surface area contributed by atoms with Crippen molar-refractivity contribution in [3.63, 3.8) is 0 Å². The monoisotopic (exact) mass is 469 g/mol. The first-order chi connectivity index (χ1) is 15.8. The highest BCUT2D eigenvalue weighted by molar-refractivity contribution is 7.89. The fourth-order valence-corrected chi connectivity index (χ4v) is 5.06. The average Bonchev–Trinajstić information content (AvgIpc) is 3.08. The van der Waals surface area contributed by atoms with Crippen LogP contribution in [0, 0.1) is 13.8 Å². The van der Waals surface area contributed by atoms with Gasteiger partial charge in [-0.05, 0) is 63.2 Å². The third-order valence-electron chi connectivity index (χ3n) is 5.34. The van der Waals surface area contributed by atoms with Crippen molar-refractivity contribution in [3.8, 4) is 11.4 Å². The minimum Gasteiger partial charge on any atom is -0.494 e. The van der Waals surface area contributed by atoms with Crippen LogP contribution in [0.5, 0.6) is 5.75 Å². The number of rotatable bonds is 10. The molecule has 8 nitrogen and oxygen atoms in total. The molecule has 0 radical (unpaired) electrons. The molecule has 2 heterocycles. The molecule has 0 aliphatic carbocycles. The lowest BCUT2D eigenvalue weighted by molar-refractivity contribution is 0.340. The highest BCUT2D eigenvalue weighted by atomic mass is 32.2. The predicted octanol–water partition coefficient (Wildman–Crippen LogP) is 4.36. The molecule has 0 amide bonds. The zero-order valence-electron chi connectivity index (χ0n) is 19.7. The maximum Gasteiger partial charge on any atom is 0.244 e. The second kappa shape index (κ2) is 10.6. The average molecular weight is 470 g/mol. The van der Waals surface area contributed by atoms with Crippen LogP contribution in [0.1, 0.15) is 37.7 Å². The fourth-order valence-electron chi connectivity index (χ4n) is 3.65. The number of aromatic nitrogens is 2. The lowest BCUT2D eigenvalue weighted by atomic mass is 10.2. The van der Waals surface area contributed by atoms with Crippen LogP contribution >= 0.6 is 0 Å². The number of hydrazone groups is 1. The van der Waals surface area contributed by atoms with Gasteiger partial charge in [0.25, 0.3) is 0 Å². The second-order valence-electron chi connectivity index (χ2n) is 7.43. The van der Waals surface area contributed by atoms with Gasteiger partial charge in [0.1, 0.15) is 16.5 Å². The topological polar surface area (TPSA) is 88.8 Å². The summed E-state index contributed by atoms with van der Waals surface area (Å²) in [7, 11) is -3.53. The molecule has 0 aliphatic rings. The van der Waals surface area contributed by atoms with E-state index in [-0.39, 0.29) is 4.90 Å². The van der Waals surface area contributed by atoms with Gasteiger partial charge in [0.05, 0.1) is 12.8 Å². The van der Waals surface area contributed by atoms with Gasteiger partial charge < -0.3 is 9.30 Å². The Morgan fingerprint density at radius 2 is 1.79 bits per heavy atom. The van der Waals surface area contributed by atoms with E-state index in [1.54, 1.807) is 12.3 Å². The van der Waals surface area contributed by atoms with Crippen LogP contribution in [0.25, 0.3) is 5.69 Å². The first kappa shape index (κ1) is 24.5. The number of benzene rings is 1. The normalized spacial score (nSPS) is 11.9. The second-order valence-corrected chi connectivity index (χ2v) is 9.37. The third-order valence-corrected chi connectivity index (χ3v) is 7.37. The molecule has 9 heteroatoms. The van der Waals surface area contributed by atoms with Gasteiger partial charge >= 0.3 is 0 Å². The smallest absolute Gasteiger partial charge is 0.244 e. The Bertz CT molecular complexity index is 1200. The van der Waals surface area contributed by atoms with Crippen molar-refractivity contribution < 1.29 is 13.2 Å². The molecule has 2 aromatic heterocycles. The first-order valence-electron chi connectivity index (χ1n) is 11.0. The van der Waals surface area contributed by atoms with Crippen molar-refractivity contribution >= 4 is 22.1 Å². The first-order valence-corrected chi connectivity index (χ1v) is 12.4. The summed E-state index contributed by atoms with van der Waals surface area (Å²) < 4.78 is 34.2. The maximum absolute atomic E-state index is 12.6. The van der Waals surface area contributed by atoms with E-state index >= 15 is 0 Å². The summed E-state index contributed by atoms with van der Waals surface area (Å²) in [6.45, 7) is 11.1. The van der Waals surface area contributed by atoms with E-state index in [4.69, 9.17) is 4.74 Å². The van der Waals surface area contributed by atoms with Crippen molar-refractivity contribution in [3.05, 3.63) is 65.6 Å². The number of hydrogen-bond acceptors (Lipinski definition) is 6. The third kappa shape index (κ3) is 5.43. The van der Waals surface area contributed by atoms with E-state index < -0.39 is 10.0 Å². The van der Waals surface area contributed by atoms with Gasteiger partial charge in [-0.2, -0.15) is 9.41 Å². The van der Waals surface area contributed by atoms with Crippen LogP contribution in [-0.4, -0.2) is 48.2 Å². The summed E-state index contributed by atoms with van der Waals surface area (Å²) in [6, 6.07) is 13.2. The molecule has 0 bridgehead atoms. The van der Waals surface area contributed by atoms with Crippen LogP contribution in [0.4, 0.5) is 5.82 Å². The predicted molar refractivity (Wildman–Crippen MR) is 132 cm³/mol. The van der Waals surface area contributed by atoms with Crippen molar-refractivity contribution in [1.29, 1.82) is 0 Å².